The minimum absolute atomic E-state index is 0.237. The smallest absolute Gasteiger partial charge is 0.303 e. The first-order valence-electron chi connectivity index (χ1n) is 5.83. The number of hydrogen-bond donors (Lipinski definition) is 0. The zero-order chi connectivity index (χ0) is 13.3. The van der Waals surface area contributed by atoms with Crippen molar-refractivity contribution in [3.63, 3.8) is 0 Å². The second kappa shape index (κ2) is 4.89. The zero-order valence-electron chi connectivity index (χ0n) is 10.5. The van der Waals surface area contributed by atoms with Crippen molar-refractivity contribution in [3.8, 4) is 0 Å². The highest BCUT2D eigenvalue weighted by atomic mass is 19.4. The Bertz CT molecular complexity index is 401. The molecule has 1 aromatic rings. The van der Waals surface area contributed by atoms with Crippen molar-refractivity contribution in [2.24, 2.45) is 7.05 Å². The van der Waals surface area contributed by atoms with E-state index < -0.39 is 12.7 Å². The number of alkyl halides is 3. The molecule has 1 unspecified atom stereocenters. The Balaban J connectivity index is 2.16. The maximum absolute atomic E-state index is 12.6. The monoisotopic (exact) mass is 262 g/mol. The predicted molar refractivity (Wildman–Crippen MR) is 61.1 cm³/mol. The number of aromatic nitrogens is 2. The van der Waals surface area contributed by atoms with Crippen LogP contribution in [0.25, 0.3) is 0 Å². The molecule has 0 spiro atoms. The van der Waals surface area contributed by atoms with Crippen LogP contribution in [0.4, 0.5) is 13.2 Å². The van der Waals surface area contributed by atoms with Crippen LogP contribution >= 0.6 is 0 Å². The molecule has 0 radical (unpaired) electrons. The van der Waals surface area contributed by atoms with Gasteiger partial charge in [0.15, 0.2) is 0 Å². The molecule has 2 heterocycles. The van der Waals surface area contributed by atoms with Crippen molar-refractivity contribution in [3.05, 3.63) is 18.0 Å². The number of rotatable bonds is 2. The molecule has 7 heteroatoms. The lowest BCUT2D eigenvalue weighted by atomic mass is 10.1. The van der Waals surface area contributed by atoms with Gasteiger partial charge in [-0.2, -0.15) is 18.3 Å². The van der Waals surface area contributed by atoms with Gasteiger partial charge in [-0.15, -0.1) is 0 Å². The van der Waals surface area contributed by atoms with Crippen LogP contribution in [0.5, 0.6) is 0 Å². The van der Waals surface area contributed by atoms with Crippen molar-refractivity contribution in [2.75, 3.05) is 33.2 Å². The van der Waals surface area contributed by atoms with Crippen LogP contribution in [0.3, 0.4) is 0 Å². The average molecular weight is 262 g/mol. The Labute approximate surface area is 104 Å². The summed E-state index contributed by atoms with van der Waals surface area (Å²) in [7, 11) is 3.69. The molecular formula is C11H17F3N4. The third-order valence-electron chi connectivity index (χ3n) is 3.19. The molecule has 1 aliphatic heterocycles. The fourth-order valence-electron chi connectivity index (χ4n) is 2.30. The van der Waals surface area contributed by atoms with E-state index in [0.717, 1.165) is 5.56 Å². The SMILES string of the molecule is CN1CCN(CC(F)(F)F)C(c2cnn(C)c2)C1. The minimum atomic E-state index is -4.16. The fourth-order valence-corrected chi connectivity index (χ4v) is 2.30. The molecule has 4 nitrogen and oxygen atoms in total. The standard InChI is InChI=1S/C11H17F3N4/c1-16-3-4-18(8-11(12,13)14)10(7-16)9-5-15-17(2)6-9/h5-6,10H,3-4,7-8H2,1-2H3. The van der Waals surface area contributed by atoms with E-state index in [9.17, 15) is 13.2 Å². The van der Waals surface area contributed by atoms with Gasteiger partial charge >= 0.3 is 6.18 Å². The summed E-state index contributed by atoms with van der Waals surface area (Å²) in [5.74, 6) is 0. The van der Waals surface area contributed by atoms with Gasteiger partial charge in [-0.25, -0.2) is 0 Å². The molecular weight excluding hydrogens is 245 g/mol. The second-order valence-electron chi connectivity index (χ2n) is 4.81. The van der Waals surface area contributed by atoms with Crippen LogP contribution in [-0.2, 0) is 7.05 Å². The molecule has 0 bridgehead atoms. The topological polar surface area (TPSA) is 24.3 Å². The van der Waals surface area contributed by atoms with Crippen molar-refractivity contribution in [2.45, 2.75) is 12.2 Å². The van der Waals surface area contributed by atoms with Crippen LogP contribution in [-0.4, -0.2) is 59.0 Å². The number of halogens is 3. The normalized spacial score (nSPS) is 23.5. The molecule has 1 saturated heterocycles. The van der Waals surface area contributed by atoms with Crippen LogP contribution < -0.4 is 0 Å². The molecule has 0 amide bonds. The molecule has 102 valence electrons. The molecule has 1 fully saturated rings. The van der Waals surface area contributed by atoms with Crippen LogP contribution in [0.1, 0.15) is 11.6 Å². The van der Waals surface area contributed by atoms with Crippen molar-refractivity contribution in [1.82, 2.24) is 19.6 Å². The summed E-state index contributed by atoms with van der Waals surface area (Å²) in [5, 5.41) is 4.04. The quantitative estimate of drug-likeness (QED) is 0.802. The van der Waals surface area contributed by atoms with Crippen LogP contribution in [0.15, 0.2) is 12.4 Å². The molecule has 18 heavy (non-hydrogen) atoms. The molecule has 1 atom stereocenters. The Morgan fingerprint density at radius 2 is 2.06 bits per heavy atom. The van der Waals surface area contributed by atoms with E-state index in [-0.39, 0.29) is 6.04 Å². The summed E-state index contributed by atoms with van der Waals surface area (Å²) in [6.07, 6.45) is -0.725. The van der Waals surface area contributed by atoms with Crippen LogP contribution in [0.2, 0.25) is 0 Å². The maximum Gasteiger partial charge on any atom is 0.401 e. The van der Waals surface area contributed by atoms with Gasteiger partial charge in [0, 0.05) is 38.4 Å². The number of hydrogen-bond acceptors (Lipinski definition) is 3. The number of aryl methyl sites for hydroxylation is 1. The summed E-state index contributed by atoms with van der Waals surface area (Å²) in [6, 6.07) is -0.237. The highest BCUT2D eigenvalue weighted by molar-refractivity contribution is 5.12. The maximum atomic E-state index is 12.6. The highest BCUT2D eigenvalue weighted by Gasteiger charge is 2.36. The first-order chi connectivity index (χ1) is 8.35. The van der Waals surface area contributed by atoms with Gasteiger partial charge in [0.05, 0.1) is 18.8 Å². The number of piperazine rings is 1. The van der Waals surface area contributed by atoms with E-state index in [0.29, 0.717) is 19.6 Å². The largest absolute Gasteiger partial charge is 0.401 e. The van der Waals surface area contributed by atoms with Crippen molar-refractivity contribution < 1.29 is 13.2 Å². The highest BCUT2D eigenvalue weighted by Crippen LogP contribution is 2.28. The van der Waals surface area contributed by atoms with Gasteiger partial charge in [0.25, 0.3) is 0 Å². The van der Waals surface area contributed by atoms with Crippen LogP contribution in [0, 0.1) is 0 Å². The average Bonchev–Trinajstić information content (AvgIpc) is 2.65. The molecule has 0 aliphatic carbocycles. The lowest BCUT2D eigenvalue weighted by Gasteiger charge is -2.39. The first kappa shape index (κ1) is 13.4. The lowest BCUT2D eigenvalue weighted by Crippen LogP contribution is -2.49. The van der Waals surface area contributed by atoms with E-state index >= 15 is 0 Å². The van der Waals surface area contributed by atoms with Gasteiger partial charge in [0.2, 0.25) is 0 Å². The third kappa shape index (κ3) is 3.23. The predicted octanol–water partition coefficient (Wildman–Crippen LogP) is 1.27. The van der Waals surface area contributed by atoms with Gasteiger partial charge in [-0.1, -0.05) is 0 Å². The van der Waals surface area contributed by atoms with Gasteiger partial charge in [-0.05, 0) is 7.05 Å². The number of likely N-dealkylation sites (N-methyl/N-ethyl adjacent to an activating group) is 1. The summed E-state index contributed by atoms with van der Waals surface area (Å²) in [5.41, 5.74) is 0.841. The van der Waals surface area contributed by atoms with E-state index in [4.69, 9.17) is 0 Å². The summed E-state index contributed by atoms with van der Waals surface area (Å²) < 4.78 is 39.3. The third-order valence-corrected chi connectivity index (χ3v) is 3.19. The second-order valence-corrected chi connectivity index (χ2v) is 4.81. The van der Waals surface area contributed by atoms with E-state index in [1.54, 1.807) is 24.1 Å². The Hall–Kier alpha value is -1.08. The molecule has 1 aliphatic rings. The van der Waals surface area contributed by atoms with E-state index in [2.05, 4.69) is 5.10 Å². The lowest BCUT2D eigenvalue weighted by molar-refractivity contribution is -0.155. The van der Waals surface area contributed by atoms with E-state index in [1.807, 2.05) is 11.9 Å². The Kier molecular flexibility index (Phi) is 3.63. The Morgan fingerprint density at radius 3 is 2.61 bits per heavy atom. The first-order valence-corrected chi connectivity index (χ1v) is 5.83. The van der Waals surface area contributed by atoms with Gasteiger partial charge in [-0.3, -0.25) is 9.58 Å². The van der Waals surface area contributed by atoms with Gasteiger partial charge in [0.1, 0.15) is 0 Å². The minimum Gasteiger partial charge on any atom is -0.303 e. The summed E-state index contributed by atoms with van der Waals surface area (Å²) in [4.78, 5) is 3.53. The van der Waals surface area contributed by atoms with Crippen molar-refractivity contribution >= 4 is 0 Å². The number of nitrogens with zero attached hydrogens (tertiary/aromatic N) is 4. The molecule has 0 N–H and O–H groups in total. The molecule has 2 rings (SSSR count). The fraction of sp³-hybridized carbons (Fsp3) is 0.727. The van der Waals surface area contributed by atoms with E-state index in [1.165, 1.54) is 4.90 Å². The molecule has 0 saturated carbocycles. The van der Waals surface area contributed by atoms with Crippen molar-refractivity contribution in [1.29, 1.82) is 0 Å². The summed E-state index contributed by atoms with van der Waals surface area (Å²) in [6.45, 7) is 0.824. The summed E-state index contributed by atoms with van der Waals surface area (Å²) >= 11 is 0. The Morgan fingerprint density at radius 1 is 1.33 bits per heavy atom. The molecule has 1 aromatic heterocycles. The zero-order valence-corrected chi connectivity index (χ0v) is 10.5. The van der Waals surface area contributed by atoms with Gasteiger partial charge < -0.3 is 4.90 Å². The molecule has 0 aromatic carbocycles.